The van der Waals surface area contributed by atoms with Crippen LogP contribution in [-0.2, 0) is 14.4 Å². The van der Waals surface area contributed by atoms with Gasteiger partial charge in [-0.1, -0.05) is 58.8 Å². The fraction of sp³-hybridized carbons (Fsp3) is 0.870. The van der Waals surface area contributed by atoms with Gasteiger partial charge in [-0.05, 0) is 25.7 Å². The van der Waals surface area contributed by atoms with Crippen LogP contribution in [0.1, 0.15) is 104 Å². The maximum atomic E-state index is 10.1. The highest BCUT2D eigenvalue weighted by atomic mass is 16.4. The van der Waals surface area contributed by atoms with E-state index in [0.717, 1.165) is 32.1 Å². The van der Waals surface area contributed by atoms with Crippen molar-refractivity contribution in [3.05, 3.63) is 0 Å². The Morgan fingerprint density at radius 1 is 0.531 bits per heavy atom. The van der Waals surface area contributed by atoms with Crippen LogP contribution in [-0.4, -0.2) is 68.4 Å². The van der Waals surface area contributed by atoms with E-state index in [1.807, 2.05) is 6.92 Å². The fourth-order valence-electron chi connectivity index (χ4n) is 2.45. The second kappa shape index (κ2) is 25.5. The minimum absolute atomic E-state index is 0.156. The van der Waals surface area contributed by atoms with Crippen LogP contribution in [0.3, 0.4) is 0 Å². The minimum atomic E-state index is -0.759. The van der Waals surface area contributed by atoms with E-state index >= 15 is 0 Å². The summed E-state index contributed by atoms with van der Waals surface area (Å²) in [5.74, 6) is -2.19. The summed E-state index contributed by atoms with van der Waals surface area (Å²) in [7, 11) is 0. The monoisotopic (exact) mass is 466 g/mol. The molecule has 0 aliphatic carbocycles. The van der Waals surface area contributed by atoms with E-state index in [9.17, 15) is 14.4 Å². The molecule has 32 heavy (non-hydrogen) atoms. The minimum Gasteiger partial charge on any atom is -0.481 e. The summed E-state index contributed by atoms with van der Waals surface area (Å²) < 4.78 is 0. The third kappa shape index (κ3) is 28.3. The predicted molar refractivity (Wildman–Crippen MR) is 123 cm³/mol. The number of aliphatic hydroxyl groups excluding tert-OH is 3. The molecule has 0 unspecified atom stereocenters. The average molecular weight is 467 g/mol. The number of hydrogen-bond acceptors (Lipinski definition) is 6. The molecule has 0 atom stereocenters. The van der Waals surface area contributed by atoms with Crippen molar-refractivity contribution in [3.63, 3.8) is 0 Å². The highest BCUT2D eigenvalue weighted by Gasteiger charge is 2.24. The van der Waals surface area contributed by atoms with Gasteiger partial charge in [-0.15, -0.1) is 0 Å². The first-order chi connectivity index (χ1) is 15.1. The van der Waals surface area contributed by atoms with Crippen molar-refractivity contribution in [3.8, 4) is 0 Å². The van der Waals surface area contributed by atoms with E-state index in [1.165, 1.54) is 19.3 Å². The third-order valence-corrected chi connectivity index (χ3v) is 5.03. The average Bonchev–Trinajstić information content (AvgIpc) is 2.75. The molecule has 0 heterocycles. The Kier molecular flexibility index (Phi) is 27.9. The number of hydrogen-bond donors (Lipinski definition) is 6. The van der Waals surface area contributed by atoms with Crippen molar-refractivity contribution in [2.24, 2.45) is 5.41 Å². The van der Waals surface area contributed by atoms with E-state index in [-0.39, 0.29) is 32.7 Å². The first-order valence-electron chi connectivity index (χ1n) is 11.6. The fourth-order valence-corrected chi connectivity index (χ4v) is 2.45. The van der Waals surface area contributed by atoms with Crippen LogP contribution in [0.5, 0.6) is 0 Å². The van der Waals surface area contributed by atoms with Gasteiger partial charge in [-0.2, -0.15) is 0 Å². The van der Waals surface area contributed by atoms with Gasteiger partial charge in [0, 0.05) is 24.7 Å². The lowest BCUT2D eigenvalue weighted by Crippen LogP contribution is -2.32. The SMILES string of the molecule is CCC(CO)(CO)CO.CCCCCCCC(=O)O.O=C(O)CCCCCCCC(=O)O. The maximum absolute atomic E-state index is 10.1. The Morgan fingerprint density at radius 2 is 0.812 bits per heavy atom. The van der Waals surface area contributed by atoms with Crippen LogP contribution < -0.4 is 0 Å². The normalized spacial score (nSPS) is 10.4. The van der Waals surface area contributed by atoms with Crippen LogP contribution in [0.2, 0.25) is 0 Å². The van der Waals surface area contributed by atoms with Crippen molar-refractivity contribution in [1.82, 2.24) is 0 Å². The molecule has 0 bridgehead atoms. The first kappa shape index (κ1) is 34.9. The summed E-state index contributed by atoms with van der Waals surface area (Å²) in [5.41, 5.74) is -0.667. The second-order valence-corrected chi connectivity index (χ2v) is 7.94. The van der Waals surface area contributed by atoms with Gasteiger partial charge in [0.2, 0.25) is 0 Å². The number of aliphatic carboxylic acids is 3. The first-order valence-corrected chi connectivity index (χ1v) is 11.6. The maximum Gasteiger partial charge on any atom is 0.303 e. The Bertz CT molecular complexity index is 413. The van der Waals surface area contributed by atoms with Gasteiger partial charge < -0.3 is 30.6 Å². The molecular weight excluding hydrogens is 420 g/mol. The summed E-state index contributed by atoms with van der Waals surface area (Å²) >= 11 is 0. The molecule has 0 aliphatic rings. The quantitative estimate of drug-likeness (QED) is 0.165. The van der Waals surface area contributed by atoms with Crippen molar-refractivity contribution in [2.45, 2.75) is 104 Å². The molecule has 0 aromatic heterocycles. The molecule has 0 aromatic carbocycles. The molecule has 0 radical (unpaired) electrons. The Hall–Kier alpha value is -1.71. The molecule has 0 fully saturated rings. The molecule has 192 valence electrons. The highest BCUT2D eigenvalue weighted by Crippen LogP contribution is 2.18. The topological polar surface area (TPSA) is 173 Å². The number of rotatable bonds is 18. The molecule has 0 saturated carbocycles. The van der Waals surface area contributed by atoms with Crippen molar-refractivity contribution in [1.29, 1.82) is 0 Å². The van der Waals surface area contributed by atoms with Crippen LogP contribution in [0, 0.1) is 5.41 Å². The van der Waals surface area contributed by atoms with Gasteiger partial charge in [-0.3, -0.25) is 14.4 Å². The zero-order valence-electron chi connectivity index (χ0n) is 19.9. The molecule has 9 nitrogen and oxygen atoms in total. The van der Waals surface area contributed by atoms with Crippen LogP contribution in [0.25, 0.3) is 0 Å². The molecule has 0 saturated heterocycles. The molecule has 6 N–H and O–H groups in total. The zero-order chi connectivity index (χ0) is 25.3. The van der Waals surface area contributed by atoms with Gasteiger partial charge in [0.1, 0.15) is 0 Å². The lowest BCUT2D eigenvalue weighted by atomic mass is 9.88. The van der Waals surface area contributed by atoms with Gasteiger partial charge in [0.05, 0.1) is 19.8 Å². The highest BCUT2D eigenvalue weighted by molar-refractivity contribution is 5.67. The van der Waals surface area contributed by atoms with E-state index < -0.39 is 23.3 Å². The van der Waals surface area contributed by atoms with E-state index in [4.69, 9.17) is 30.6 Å². The Balaban J connectivity index is -0.000000403. The molecular formula is C23H46O9. The van der Waals surface area contributed by atoms with Crippen molar-refractivity contribution >= 4 is 17.9 Å². The summed E-state index contributed by atoms with van der Waals surface area (Å²) in [5, 5.41) is 50.9. The van der Waals surface area contributed by atoms with Gasteiger partial charge in [0.25, 0.3) is 0 Å². The summed E-state index contributed by atoms with van der Waals surface area (Å²) in [4.78, 5) is 30.2. The lowest BCUT2D eigenvalue weighted by Gasteiger charge is -2.24. The second-order valence-electron chi connectivity index (χ2n) is 7.94. The third-order valence-electron chi connectivity index (χ3n) is 5.03. The van der Waals surface area contributed by atoms with Crippen LogP contribution >= 0.6 is 0 Å². The van der Waals surface area contributed by atoms with E-state index in [0.29, 0.717) is 25.7 Å². The number of aliphatic hydroxyl groups is 3. The van der Waals surface area contributed by atoms with Gasteiger partial charge in [-0.25, -0.2) is 0 Å². The van der Waals surface area contributed by atoms with Gasteiger partial charge in [0.15, 0.2) is 0 Å². The van der Waals surface area contributed by atoms with E-state index in [1.54, 1.807) is 0 Å². The van der Waals surface area contributed by atoms with Crippen molar-refractivity contribution < 1.29 is 45.0 Å². The Labute approximate surface area is 192 Å². The van der Waals surface area contributed by atoms with Crippen LogP contribution in [0.15, 0.2) is 0 Å². The predicted octanol–water partition coefficient (Wildman–Crippen LogP) is 3.68. The standard InChI is InChI=1S/C9H16O4.C8H16O2.C6H14O3/c10-8(11)6-4-2-1-3-5-7-9(12)13;1-2-3-4-5-6-7-8(9)10;1-2-6(3-7,4-8)5-9/h1-7H2,(H,10,11)(H,12,13);2-7H2,1H3,(H,9,10);7-9H,2-5H2,1H3. The largest absolute Gasteiger partial charge is 0.481 e. The summed E-state index contributed by atoms with van der Waals surface area (Å²) in [6.07, 6.45) is 11.0. The number of carboxylic acid groups (broad SMARTS) is 3. The Morgan fingerprint density at radius 3 is 1.00 bits per heavy atom. The van der Waals surface area contributed by atoms with Crippen LogP contribution in [0.4, 0.5) is 0 Å². The zero-order valence-corrected chi connectivity index (χ0v) is 19.9. The lowest BCUT2D eigenvalue weighted by molar-refractivity contribution is -0.138. The molecule has 9 heteroatoms. The van der Waals surface area contributed by atoms with E-state index in [2.05, 4.69) is 6.92 Å². The molecule has 0 amide bonds. The molecule has 0 spiro atoms. The number of carboxylic acids is 3. The molecule has 0 aliphatic heterocycles. The number of unbranched alkanes of at least 4 members (excludes halogenated alkanes) is 8. The molecule has 0 rings (SSSR count). The summed E-state index contributed by atoms with van der Waals surface area (Å²) in [6, 6.07) is 0. The number of carbonyl (C=O) groups is 3. The molecule has 0 aromatic rings. The van der Waals surface area contributed by atoms with Gasteiger partial charge >= 0.3 is 17.9 Å². The van der Waals surface area contributed by atoms with Crippen molar-refractivity contribution in [2.75, 3.05) is 19.8 Å². The smallest absolute Gasteiger partial charge is 0.303 e. The summed E-state index contributed by atoms with van der Waals surface area (Å²) in [6.45, 7) is 3.50.